The molecule has 1 N–H and O–H groups in total. The Kier molecular flexibility index (Phi) is 3.91. The third-order valence-electron chi connectivity index (χ3n) is 2.80. The largest absolute Gasteiger partial charge is 0.478 e. The van der Waals surface area contributed by atoms with Crippen LogP contribution in [0.3, 0.4) is 0 Å². The zero-order valence-electron chi connectivity index (χ0n) is 10.2. The number of alkyl halides is 3. The van der Waals surface area contributed by atoms with Crippen LogP contribution in [0.4, 0.5) is 17.6 Å². The lowest BCUT2D eigenvalue weighted by Crippen LogP contribution is -2.08. The number of carbonyl (C=O) groups is 1. The van der Waals surface area contributed by atoms with Gasteiger partial charge >= 0.3 is 12.1 Å². The predicted molar refractivity (Wildman–Crippen MR) is 68.8 cm³/mol. The summed E-state index contributed by atoms with van der Waals surface area (Å²) < 4.78 is 51.2. The van der Waals surface area contributed by atoms with Gasteiger partial charge in [-0.3, -0.25) is 0 Å². The van der Waals surface area contributed by atoms with E-state index in [-0.39, 0.29) is 21.7 Å². The van der Waals surface area contributed by atoms with Crippen molar-refractivity contribution in [2.75, 3.05) is 0 Å². The highest BCUT2D eigenvalue weighted by atomic mass is 35.5. The molecule has 2 rings (SSSR count). The van der Waals surface area contributed by atoms with Crippen LogP contribution in [-0.4, -0.2) is 11.1 Å². The van der Waals surface area contributed by atoms with Crippen molar-refractivity contribution in [2.45, 2.75) is 6.18 Å². The smallest absolute Gasteiger partial charge is 0.419 e. The first-order valence-electron chi connectivity index (χ1n) is 5.60. The molecule has 0 unspecified atom stereocenters. The van der Waals surface area contributed by atoms with E-state index >= 15 is 0 Å². The third kappa shape index (κ3) is 3.16. The zero-order valence-corrected chi connectivity index (χ0v) is 11.0. The molecule has 0 spiro atoms. The molecule has 0 fully saturated rings. The average Bonchev–Trinajstić information content (AvgIpc) is 2.38. The monoisotopic (exact) mass is 318 g/mol. The molecule has 0 aliphatic carbocycles. The van der Waals surface area contributed by atoms with E-state index in [1.54, 1.807) is 0 Å². The van der Waals surface area contributed by atoms with Gasteiger partial charge < -0.3 is 5.11 Å². The third-order valence-corrected chi connectivity index (χ3v) is 3.11. The molecule has 0 aliphatic rings. The molecule has 110 valence electrons. The van der Waals surface area contributed by atoms with Crippen molar-refractivity contribution in [3.8, 4) is 11.1 Å². The van der Waals surface area contributed by atoms with Gasteiger partial charge in [-0.25, -0.2) is 9.18 Å². The first-order chi connectivity index (χ1) is 9.70. The standard InChI is InChI=1S/C14H7ClF4O2/c15-11-6-8(13(20)21)1-3-9(11)7-2-4-12(16)10(5-7)14(17,18)19/h1-6H,(H,20,21). The number of benzene rings is 2. The molecular formula is C14H7ClF4O2. The van der Waals surface area contributed by atoms with E-state index in [2.05, 4.69) is 0 Å². The summed E-state index contributed by atoms with van der Waals surface area (Å²) >= 11 is 5.88. The fourth-order valence-corrected chi connectivity index (χ4v) is 2.08. The second-order valence-electron chi connectivity index (χ2n) is 4.19. The van der Waals surface area contributed by atoms with Gasteiger partial charge in [0.2, 0.25) is 0 Å². The van der Waals surface area contributed by atoms with Crippen molar-refractivity contribution in [1.29, 1.82) is 0 Å². The highest BCUT2D eigenvalue weighted by molar-refractivity contribution is 6.33. The van der Waals surface area contributed by atoms with Crippen LogP contribution in [-0.2, 0) is 6.18 Å². The normalized spacial score (nSPS) is 11.5. The van der Waals surface area contributed by atoms with Crippen LogP contribution in [0.25, 0.3) is 11.1 Å². The number of hydrogen-bond donors (Lipinski definition) is 1. The average molecular weight is 319 g/mol. The minimum absolute atomic E-state index is 0.0327. The summed E-state index contributed by atoms with van der Waals surface area (Å²) in [6.07, 6.45) is -4.83. The van der Waals surface area contributed by atoms with E-state index in [9.17, 15) is 22.4 Å². The van der Waals surface area contributed by atoms with Crippen LogP contribution in [0.15, 0.2) is 36.4 Å². The number of rotatable bonds is 2. The fraction of sp³-hybridized carbons (Fsp3) is 0.0714. The summed E-state index contributed by atoms with van der Waals surface area (Å²) in [4.78, 5) is 10.8. The maximum atomic E-state index is 13.2. The Labute approximate surface area is 121 Å². The molecule has 7 heteroatoms. The molecule has 0 aliphatic heterocycles. The molecule has 2 nitrogen and oxygen atoms in total. The van der Waals surface area contributed by atoms with Crippen molar-refractivity contribution in [3.05, 3.63) is 58.4 Å². The molecule has 0 amide bonds. The van der Waals surface area contributed by atoms with E-state index in [1.165, 1.54) is 12.1 Å². The molecule has 2 aromatic carbocycles. The van der Waals surface area contributed by atoms with E-state index < -0.39 is 23.5 Å². The Balaban J connectivity index is 2.55. The van der Waals surface area contributed by atoms with Gasteiger partial charge in [-0.1, -0.05) is 23.7 Å². The minimum Gasteiger partial charge on any atom is -0.478 e. The Bertz CT molecular complexity index is 711. The summed E-state index contributed by atoms with van der Waals surface area (Å²) in [5.41, 5.74) is -1.27. The molecule has 0 heterocycles. The van der Waals surface area contributed by atoms with Gasteiger partial charge in [0.05, 0.1) is 11.1 Å². The first kappa shape index (κ1) is 15.3. The van der Waals surface area contributed by atoms with Gasteiger partial charge in [-0.2, -0.15) is 13.2 Å². The fourth-order valence-electron chi connectivity index (χ4n) is 1.79. The first-order valence-corrected chi connectivity index (χ1v) is 5.98. The van der Waals surface area contributed by atoms with Crippen molar-refractivity contribution >= 4 is 17.6 Å². The molecule has 0 saturated heterocycles. The summed E-state index contributed by atoms with van der Waals surface area (Å²) in [7, 11) is 0. The van der Waals surface area contributed by atoms with Crippen LogP contribution >= 0.6 is 11.6 Å². The molecule has 0 atom stereocenters. The van der Waals surface area contributed by atoms with Gasteiger partial charge in [-0.15, -0.1) is 0 Å². The lowest BCUT2D eigenvalue weighted by atomic mass is 10.0. The lowest BCUT2D eigenvalue weighted by Gasteiger charge is -2.11. The van der Waals surface area contributed by atoms with Gasteiger partial charge in [0.1, 0.15) is 5.82 Å². The number of aromatic carboxylic acids is 1. The van der Waals surface area contributed by atoms with Crippen molar-refractivity contribution in [2.24, 2.45) is 0 Å². The second kappa shape index (κ2) is 5.37. The van der Waals surface area contributed by atoms with Crippen LogP contribution in [0.5, 0.6) is 0 Å². The zero-order chi connectivity index (χ0) is 15.8. The highest BCUT2D eigenvalue weighted by Gasteiger charge is 2.34. The minimum atomic E-state index is -4.83. The maximum Gasteiger partial charge on any atom is 0.419 e. The predicted octanol–water partition coefficient (Wildman–Crippen LogP) is 4.86. The van der Waals surface area contributed by atoms with Gasteiger partial charge in [0, 0.05) is 10.6 Å². The van der Waals surface area contributed by atoms with E-state index in [1.807, 2.05) is 0 Å². The van der Waals surface area contributed by atoms with Crippen molar-refractivity contribution in [1.82, 2.24) is 0 Å². The van der Waals surface area contributed by atoms with Crippen LogP contribution in [0.2, 0.25) is 5.02 Å². The molecular weight excluding hydrogens is 312 g/mol. The quantitative estimate of drug-likeness (QED) is 0.803. The molecule has 21 heavy (non-hydrogen) atoms. The van der Waals surface area contributed by atoms with E-state index in [4.69, 9.17) is 16.7 Å². The summed E-state index contributed by atoms with van der Waals surface area (Å²) in [6.45, 7) is 0. The Morgan fingerprint density at radius 2 is 1.76 bits per heavy atom. The molecule has 0 radical (unpaired) electrons. The molecule has 0 aromatic heterocycles. The van der Waals surface area contributed by atoms with Gasteiger partial charge in [-0.05, 0) is 29.8 Å². The lowest BCUT2D eigenvalue weighted by molar-refractivity contribution is -0.139. The van der Waals surface area contributed by atoms with Crippen LogP contribution in [0, 0.1) is 5.82 Å². The number of halogens is 5. The van der Waals surface area contributed by atoms with E-state index in [0.717, 1.165) is 12.1 Å². The molecule has 2 aromatic rings. The van der Waals surface area contributed by atoms with Crippen molar-refractivity contribution < 1.29 is 27.5 Å². The molecule has 0 bridgehead atoms. The van der Waals surface area contributed by atoms with Crippen molar-refractivity contribution in [3.63, 3.8) is 0 Å². The molecule has 0 saturated carbocycles. The van der Waals surface area contributed by atoms with E-state index in [0.29, 0.717) is 12.1 Å². The van der Waals surface area contributed by atoms with Gasteiger partial charge in [0.25, 0.3) is 0 Å². The highest BCUT2D eigenvalue weighted by Crippen LogP contribution is 2.36. The summed E-state index contributed by atoms with van der Waals surface area (Å²) in [5, 5.41) is 8.77. The Morgan fingerprint density at radius 1 is 1.10 bits per heavy atom. The SMILES string of the molecule is O=C(O)c1ccc(-c2ccc(F)c(C(F)(F)F)c2)c(Cl)c1. The number of hydrogen-bond acceptors (Lipinski definition) is 1. The van der Waals surface area contributed by atoms with Crippen LogP contribution in [0.1, 0.15) is 15.9 Å². The Morgan fingerprint density at radius 3 is 2.29 bits per heavy atom. The second-order valence-corrected chi connectivity index (χ2v) is 4.60. The topological polar surface area (TPSA) is 37.3 Å². The number of carboxylic acids is 1. The van der Waals surface area contributed by atoms with Crippen LogP contribution < -0.4 is 0 Å². The summed E-state index contributed by atoms with van der Waals surface area (Å²) in [6, 6.07) is 6.08. The Hall–Kier alpha value is -2.08. The maximum absolute atomic E-state index is 13.2. The summed E-state index contributed by atoms with van der Waals surface area (Å²) in [5.74, 6) is -2.59. The van der Waals surface area contributed by atoms with Gasteiger partial charge in [0.15, 0.2) is 0 Å². The number of carboxylic acid groups (broad SMARTS) is 1.